The van der Waals surface area contributed by atoms with Gasteiger partial charge in [0.1, 0.15) is 5.76 Å². The highest BCUT2D eigenvalue weighted by Gasteiger charge is 2.29. The van der Waals surface area contributed by atoms with Crippen LogP contribution in [-0.4, -0.2) is 46.1 Å². The first-order valence-electron chi connectivity index (χ1n) is 10.1. The van der Waals surface area contributed by atoms with Crippen LogP contribution in [0, 0.1) is 26.7 Å². The molecule has 1 aliphatic rings. The van der Waals surface area contributed by atoms with E-state index in [0.29, 0.717) is 37.3 Å². The van der Waals surface area contributed by atoms with E-state index in [9.17, 15) is 9.59 Å². The van der Waals surface area contributed by atoms with Gasteiger partial charge >= 0.3 is 0 Å². The molecule has 0 unspecified atom stereocenters. The Labute approximate surface area is 166 Å². The van der Waals surface area contributed by atoms with E-state index >= 15 is 0 Å². The number of nitrogens with one attached hydrogen (secondary N) is 1. The first-order chi connectivity index (χ1) is 13.4. The number of amides is 2. The Kier molecular flexibility index (Phi) is 6.21. The lowest BCUT2D eigenvalue weighted by Crippen LogP contribution is -2.43. The highest BCUT2D eigenvalue weighted by Crippen LogP contribution is 2.24. The lowest BCUT2D eigenvalue weighted by atomic mass is 9.95. The fraction of sp³-hybridized carbons (Fsp3) is 0.571. The van der Waals surface area contributed by atoms with Crippen molar-refractivity contribution >= 4 is 11.8 Å². The molecule has 7 nitrogen and oxygen atoms in total. The molecule has 0 spiro atoms. The van der Waals surface area contributed by atoms with Gasteiger partial charge in [0.15, 0.2) is 5.82 Å². The summed E-state index contributed by atoms with van der Waals surface area (Å²) >= 11 is 0. The first-order valence-corrected chi connectivity index (χ1v) is 10.1. The molecular formula is C21H30N4O3. The molecule has 1 aliphatic heterocycles. The van der Waals surface area contributed by atoms with E-state index in [1.165, 1.54) is 0 Å². The molecule has 0 aromatic carbocycles. The van der Waals surface area contributed by atoms with Crippen LogP contribution in [0.3, 0.4) is 0 Å². The summed E-state index contributed by atoms with van der Waals surface area (Å²) in [6, 6.07) is 3.77. The van der Waals surface area contributed by atoms with Crippen molar-refractivity contribution in [3.63, 3.8) is 0 Å². The van der Waals surface area contributed by atoms with Crippen LogP contribution in [0.1, 0.15) is 60.1 Å². The number of likely N-dealkylation sites (tertiary alicyclic amines) is 1. The summed E-state index contributed by atoms with van der Waals surface area (Å²) in [6.07, 6.45) is 3.50. The molecule has 0 radical (unpaired) electrons. The fourth-order valence-corrected chi connectivity index (χ4v) is 3.84. The van der Waals surface area contributed by atoms with Gasteiger partial charge in [-0.3, -0.25) is 14.2 Å². The quantitative estimate of drug-likeness (QED) is 0.774. The minimum Gasteiger partial charge on any atom is -0.360 e. The number of carbonyl (C=O) groups excluding carboxylic acids is 2. The number of hydrogen-bond acceptors (Lipinski definition) is 4. The number of piperidine rings is 1. The predicted molar refractivity (Wildman–Crippen MR) is 107 cm³/mol. The monoisotopic (exact) mass is 386 g/mol. The Morgan fingerprint density at radius 3 is 2.54 bits per heavy atom. The number of carbonyl (C=O) groups is 2. The first kappa shape index (κ1) is 20.2. The lowest BCUT2D eigenvalue weighted by molar-refractivity contribution is -0.126. The maximum absolute atomic E-state index is 13.1. The zero-order valence-corrected chi connectivity index (χ0v) is 17.2. The van der Waals surface area contributed by atoms with Crippen molar-refractivity contribution in [2.24, 2.45) is 5.92 Å². The Balaban J connectivity index is 1.65. The van der Waals surface area contributed by atoms with Gasteiger partial charge in [0.2, 0.25) is 5.91 Å². The Bertz CT molecular complexity index is 844. The summed E-state index contributed by atoms with van der Waals surface area (Å²) in [5, 5.41) is 7.08. The standard InChI is InChI=1S/C21H30N4O3/c1-5-6-9-22-20(26)17-7-10-24(11-8-17)21(27)18-12-14(2)25(16(18)4)19-13-15(3)28-23-19/h12-13,17H,5-11H2,1-4H3,(H,22,26). The van der Waals surface area contributed by atoms with E-state index in [4.69, 9.17) is 4.52 Å². The molecular weight excluding hydrogens is 356 g/mol. The normalized spacial score (nSPS) is 15.1. The van der Waals surface area contributed by atoms with Gasteiger partial charge in [0.25, 0.3) is 5.91 Å². The van der Waals surface area contributed by atoms with E-state index < -0.39 is 0 Å². The van der Waals surface area contributed by atoms with Gasteiger partial charge in [0.05, 0.1) is 5.56 Å². The summed E-state index contributed by atoms with van der Waals surface area (Å²) in [7, 11) is 0. The molecule has 2 amide bonds. The van der Waals surface area contributed by atoms with Gasteiger partial charge in [-0.25, -0.2) is 0 Å². The topological polar surface area (TPSA) is 80.4 Å². The molecule has 28 heavy (non-hydrogen) atoms. The molecule has 3 heterocycles. The highest BCUT2D eigenvalue weighted by atomic mass is 16.5. The second kappa shape index (κ2) is 8.63. The third-order valence-electron chi connectivity index (χ3n) is 5.49. The van der Waals surface area contributed by atoms with Gasteiger partial charge < -0.3 is 14.7 Å². The van der Waals surface area contributed by atoms with Crippen LogP contribution in [0.25, 0.3) is 5.82 Å². The van der Waals surface area contributed by atoms with Gasteiger partial charge in [-0.05, 0) is 46.1 Å². The second-order valence-electron chi connectivity index (χ2n) is 7.63. The zero-order chi connectivity index (χ0) is 20.3. The Hall–Kier alpha value is -2.57. The van der Waals surface area contributed by atoms with Crippen LogP contribution < -0.4 is 5.32 Å². The molecule has 0 atom stereocenters. The number of rotatable bonds is 6. The molecule has 3 rings (SSSR count). The third kappa shape index (κ3) is 4.13. The van der Waals surface area contributed by atoms with E-state index in [-0.39, 0.29) is 17.7 Å². The largest absolute Gasteiger partial charge is 0.360 e. The van der Waals surface area contributed by atoms with E-state index in [2.05, 4.69) is 17.4 Å². The average Bonchev–Trinajstić information content (AvgIpc) is 3.23. The van der Waals surface area contributed by atoms with Crippen LogP contribution in [0.2, 0.25) is 0 Å². The molecule has 1 fully saturated rings. The van der Waals surface area contributed by atoms with Crippen molar-refractivity contribution in [3.8, 4) is 5.82 Å². The molecule has 0 bridgehead atoms. The summed E-state index contributed by atoms with van der Waals surface area (Å²) < 4.78 is 7.12. The van der Waals surface area contributed by atoms with E-state index in [1.54, 1.807) is 0 Å². The van der Waals surface area contributed by atoms with Crippen molar-refractivity contribution in [1.29, 1.82) is 0 Å². The Morgan fingerprint density at radius 1 is 1.21 bits per heavy atom. The molecule has 7 heteroatoms. The van der Waals surface area contributed by atoms with Crippen LogP contribution >= 0.6 is 0 Å². The van der Waals surface area contributed by atoms with Gasteiger partial charge in [-0.2, -0.15) is 0 Å². The maximum atomic E-state index is 13.1. The predicted octanol–water partition coefficient (Wildman–Crippen LogP) is 3.16. The molecule has 1 saturated heterocycles. The Morgan fingerprint density at radius 2 is 1.93 bits per heavy atom. The summed E-state index contributed by atoms with van der Waals surface area (Å²) in [4.78, 5) is 27.2. The van der Waals surface area contributed by atoms with Crippen LogP contribution in [0.15, 0.2) is 16.7 Å². The van der Waals surface area contributed by atoms with Crippen molar-refractivity contribution in [1.82, 2.24) is 19.9 Å². The SMILES string of the molecule is CCCCNC(=O)C1CCN(C(=O)c2cc(C)n(-c3cc(C)on3)c2C)CC1. The van der Waals surface area contributed by atoms with Crippen LogP contribution in [0.4, 0.5) is 0 Å². The molecule has 1 N–H and O–H groups in total. The van der Waals surface area contributed by atoms with Crippen molar-refractivity contribution in [3.05, 3.63) is 34.8 Å². The lowest BCUT2D eigenvalue weighted by Gasteiger charge is -2.31. The third-order valence-corrected chi connectivity index (χ3v) is 5.49. The number of aromatic nitrogens is 2. The summed E-state index contributed by atoms with van der Waals surface area (Å²) in [5.74, 6) is 1.57. The van der Waals surface area contributed by atoms with Crippen molar-refractivity contribution in [2.75, 3.05) is 19.6 Å². The minimum atomic E-state index is 0.00597. The minimum absolute atomic E-state index is 0.00597. The van der Waals surface area contributed by atoms with E-state index in [1.807, 2.05) is 42.4 Å². The number of aryl methyl sites for hydroxylation is 2. The molecule has 152 valence electrons. The summed E-state index contributed by atoms with van der Waals surface area (Å²) in [6.45, 7) is 9.80. The van der Waals surface area contributed by atoms with Crippen molar-refractivity contribution in [2.45, 2.75) is 53.4 Å². The van der Waals surface area contributed by atoms with Crippen molar-refractivity contribution < 1.29 is 14.1 Å². The molecule has 0 saturated carbocycles. The van der Waals surface area contributed by atoms with Gasteiger partial charge in [-0.15, -0.1) is 0 Å². The van der Waals surface area contributed by atoms with Gasteiger partial charge in [0, 0.05) is 43.0 Å². The fourth-order valence-electron chi connectivity index (χ4n) is 3.84. The number of unbranched alkanes of at least 4 members (excludes halogenated alkanes) is 1. The summed E-state index contributed by atoms with van der Waals surface area (Å²) in [5.41, 5.74) is 2.48. The smallest absolute Gasteiger partial charge is 0.255 e. The van der Waals surface area contributed by atoms with Crippen LogP contribution in [0.5, 0.6) is 0 Å². The molecule has 0 aliphatic carbocycles. The van der Waals surface area contributed by atoms with E-state index in [0.717, 1.165) is 36.5 Å². The number of nitrogens with zero attached hydrogens (tertiary/aromatic N) is 3. The number of hydrogen-bond donors (Lipinski definition) is 1. The van der Waals surface area contributed by atoms with Crippen LogP contribution in [-0.2, 0) is 4.79 Å². The second-order valence-corrected chi connectivity index (χ2v) is 7.63. The zero-order valence-electron chi connectivity index (χ0n) is 17.2. The maximum Gasteiger partial charge on any atom is 0.255 e. The molecule has 2 aromatic rings. The highest BCUT2D eigenvalue weighted by molar-refractivity contribution is 5.96. The average molecular weight is 386 g/mol. The molecule has 2 aromatic heterocycles. The van der Waals surface area contributed by atoms with Gasteiger partial charge in [-0.1, -0.05) is 18.5 Å².